The van der Waals surface area contributed by atoms with E-state index in [0.29, 0.717) is 28.0 Å². The number of benzene rings is 3. The standard InChI is InChI=1S/C32H27N3O6/c1-39-30(36)24(21-10-6-4-7-11-21)18-20-14-16-23(17-15-20)35-28(32(38)41-3)27(31(37)40-2)26(25(19-33)29(35)34)22-12-8-5-9-13-22/h4-18,26H,34H2,1-3H3. The molecule has 3 aromatic carbocycles. The fraction of sp³-hybridized carbons (Fsp3) is 0.125. The van der Waals surface area contributed by atoms with Crippen molar-refractivity contribution in [3.63, 3.8) is 0 Å². The first kappa shape index (κ1) is 28.4. The van der Waals surface area contributed by atoms with Gasteiger partial charge < -0.3 is 19.9 Å². The summed E-state index contributed by atoms with van der Waals surface area (Å²) in [7, 11) is 3.69. The van der Waals surface area contributed by atoms with Crippen molar-refractivity contribution in [2.75, 3.05) is 26.2 Å². The molecule has 3 aromatic rings. The molecule has 9 nitrogen and oxygen atoms in total. The number of carbonyl (C=O) groups excluding carboxylic acids is 3. The molecule has 0 radical (unpaired) electrons. The molecule has 9 heteroatoms. The number of rotatable bonds is 7. The Labute approximate surface area is 237 Å². The van der Waals surface area contributed by atoms with Gasteiger partial charge in [-0.25, -0.2) is 14.4 Å². The monoisotopic (exact) mass is 549 g/mol. The van der Waals surface area contributed by atoms with E-state index in [2.05, 4.69) is 6.07 Å². The first-order valence-corrected chi connectivity index (χ1v) is 12.5. The Balaban J connectivity index is 1.89. The zero-order valence-corrected chi connectivity index (χ0v) is 22.7. The Morgan fingerprint density at radius 2 is 1.41 bits per heavy atom. The molecule has 4 rings (SSSR count). The molecule has 41 heavy (non-hydrogen) atoms. The van der Waals surface area contributed by atoms with Crippen LogP contribution in [0.5, 0.6) is 0 Å². The van der Waals surface area contributed by atoms with Gasteiger partial charge in [0.1, 0.15) is 11.5 Å². The second-order valence-electron chi connectivity index (χ2n) is 8.84. The summed E-state index contributed by atoms with van der Waals surface area (Å²) >= 11 is 0. The zero-order valence-electron chi connectivity index (χ0n) is 22.7. The lowest BCUT2D eigenvalue weighted by molar-refractivity contribution is -0.139. The van der Waals surface area contributed by atoms with Gasteiger partial charge in [0, 0.05) is 5.69 Å². The summed E-state index contributed by atoms with van der Waals surface area (Å²) in [5.41, 5.74) is 8.97. The number of ether oxygens (including phenoxy) is 3. The van der Waals surface area contributed by atoms with E-state index in [1.54, 1.807) is 72.8 Å². The molecule has 0 saturated carbocycles. The van der Waals surface area contributed by atoms with Crippen LogP contribution in [0.4, 0.5) is 5.69 Å². The normalized spacial score (nSPS) is 15.2. The van der Waals surface area contributed by atoms with Crippen LogP contribution in [0.15, 0.2) is 108 Å². The van der Waals surface area contributed by atoms with Crippen molar-refractivity contribution in [3.05, 3.63) is 124 Å². The van der Waals surface area contributed by atoms with E-state index < -0.39 is 23.8 Å². The minimum Gasteiger partial charge on any atom is -0.466 e. The Kier molecular flexibility index (Phi) is 8.65. The Hall–Kier alpha value is -5.62. The van der Waals surface area contributed by atoms with Gasteiger partial charge in [0.05, 0.1) is 50.0 Å². The van der Waals surface area contributed by atoms with E-state index >= 15 is 0 Å². The van der Waals surface area contributed by atoms with E-state index in [1.165, 1.54) is 26.2 Å². The minimum atomic E-state index is -0.963. The number of nitrogens with zero attached hydrogens (tertiary/aromatic N) is 2. The van der Waals surface area contributed by atoms with Crippen LogP contribution in [0.3, 0.4) is 0 Å². The second-order valence-corrected chi connectivity index (χ2v) is 8.84. The van der Waals surface area contributed by atoms with Crippen molar-refractivity contribution in [3.8, 4) is 6.07 Å². The van der Waals surface area contributed by atoms with Crippen LogP contribution in [-0.4, -0.2) is 39.2 Å². The Morgan fingerprint density at radius 3 is 1.95 bits per heavy atom. The molecule has 1 aliphatic rings. The Bertz CT molecular complexity index is 1600. The highest BCUT2D eigenvalue weighted by Crippen LogP contribution is 2.43. The quantitative estimate of drug-likeness (QED) is 0.198. The van der Waals surface area contributed by atoms with Crippen LogP contribution in [0.2, 0.25) is 0 Å². The summed E-state index contributed by atoms with van der Waals surface area (Å²) in [6.45, 7) is 0. The number of carbonyl (C=O) groups is 3. The summed E-state index contributed by atoms with van der Waals surface area (Å²) in [4.78, 5) is 40.2. The van der Waals surface area contributed by atoms with Gasteiger partial charge in [0.25, 0.3) is 0 Å². The molecule has 0 saturated heterocycles. The first-order valence-electron chi connectivity index (χ1n) is 12.5. The highest BCUT2D eigenvalue weighted by Gasteiger charge is 2.42. The molecule has 1 aliphatic heterocycles. The van der Waals surface area contributed by atoms with Gasteiger partial charge in [0.2, 0.25) is 0 Å². The number of nitriles is 1. The molecular formula is C32H27N3O6. The predicted molar refractivity (Wildman–Crippen MR) is 152 cm³/mol. The average molecular weight is 550 g/mol. The van der Waals surface area contributed by atoms with Crippen molar-refractivity contribution in [1.82, 2.24) is 0 Å². The molecule has 0 amide bonds. The van der Waals surface area contributed by atoms with Crippen LogP contribution < -0.4 is 10.6 Å². The number of esters is 3. The van der Waals surface area contributed by atoms with Gasteiger partial charge in [-0.15, -0.1) is 0 Å². The maximum atomic E-state index is 13.2. The molecular weight excluding hydrogens is 522 g/mol. The minimum absolute atomic E-state index is 0.0442. The summed E-state index contributed by atoms with van der Waals surface area (Å²) in [5, 5.41) is 10.2. The summed E-state index contributed by atoms with van der Waals surface area (Å²) < 4.78 is 15.1. The number of allylic oxidation sites excluding steroid dienone is 1. The molecule has 2 N–H and O–H groups in total. The number of anilines is 1. The molecule has 206 valence electrons. The predicted octanol–water partition coefficient (Wildman–Crippen LogP) is 4.30. The van der Waals surface area contributed by atoms with Crippen molar-refractivity contribution in [1.29, 1.82) is 5.26 Å². The van der Waals surface area contributed by atoms with E-state index in [4.69, 9.17) is 19.9 Å². The third-order valence-electron chi connectivity index (χ3n) is 6.56. The summed E-state index contributed by atoms with van der Waals surface area (Å²) in [6, 6.07) is 26.7. The molecule has 1 unspecified atom stereocenters. The van der Waals surface area contributed by atoms with Crippen LogP contribution in [0.1, 0.15) is 22.6 Å². The van der Waals surface area contributed by atoms with Crippen LogP contribution >= 0.6 is 0 Å². The number of hydrogen-bond acceptors (Lipinski definition) is 9. The lowest BCUT2D eigenvalue weighted by Crippen LogP contribution is -2.40. The SMILES string of the molecule is COC(=O)C(=Cc1ccc(N2C(N)=C(C#N)C(c3ccccc3)C(C(=O)OC)=C2C(=O)OC)cc1)c1ccccc1. The molecule has 0 aliphatic carbocycles. The lowest BCUT2D eigenvalue weighted by Gasteiger charge is -2.35. The van der Waals surface area contributed by atoms with Crippen LogP contribution in [0, 0.1) is 11.3 Å². The molecule has 0 bridgehead atoms. The smallest absolute Gasteiger partial charge is 0.355 e. The topological polar surface area (TPSA) is 132 Å². The van der Waals surface area contributed by atoms with Crippen molar-refractivity contribution < 1.29 is 28.6 Å². The largest absolute Gasteiger partial charge is 0.466 e. The molecule has 0 spiro atoms. The van der Waals surface area contributed by atoms with Gasteiger partial charge in [-0.05, 0) is 34.9 Å². The molecule has 0 aromatic heterocycles. The third-order valence-corrected chi connectivity index (χ3v) is 6.56. The van der Waals surface area contributed by atoms with E-state index in [1.807, 2.05) is 18.2 Å². The van der Waals surface area contributed by atoms with Crippen LogP contribution in [-0.2, 0) is 28.6 Å². The van der Waals surface area contributed by atoms with E-state index in [9.17, 15) is 19.6 Å². The van der Waals surface area contributed by atoms with Gasteiger partial charge >= 0.3 is 17.9 Å². The average Bonchev–Trinajstić information content (AvgIpc) is 3.03. The molecule has 1 atom stereocenters. The molecule has 0 fully saturated rings. The van der Waals surface area contributed by atoms with Gasteiger partial charge in [-0.3, -0.25) is 4.90 Å². The first-order chi connectivity index (χ1) is 19.9. The lowest BCUT2D eigenvalue weighted by atomic mass is 9.81. The van der Waals surface area contributed by atoms with Gasteiger partial charge in [0.15, 0.2) is 0 Å². The van der Waals surface area contributed by atoms with Gasteiger partial charge in [-0.1, -0.05) is 72.8 Å². The fourth-order valence-corrected chi connectivity index (χ4v) is 4.66. The number of methoxy groups -OCH3 is 3. The van der Waals surface area contributed by atoms with Gasteiger partial charge in [-0.2, -0.15) is 5.26 Å². The number of hydrogen-bond donors (Lipinski definition) is 1. The van der Waals surface area contributed by atoms with Crippen molar-refractivity contribution in [2.24, 2.45) is 5.73 Å². The zero-order chi connectivity index (χ0) is 29.5. The van der Waals surface area contributed by atoms with Crippen LogP contribution in [0.25, 0.3) is 11.6 Å². The highest BCUT2D eigenvalue weighted by atomic mass is 16.5. The van der Waals surface area contributed by atoms with E-state index in [0.717, 1.165) is 0 Å². The van der Waals surface area contributed by atoms with Crippen molar-refractivity contribution >= 4 is 35.2 Å². The maximum Gasteiger partial charge on any atom is 0.355 e. The number of nitrogens with two attached hydrogens (primary N) is 1. The third kappa shape index (κ3) is 5.58. The second kappa shape index (κ2) is 12.5. The van der Waals surface area contributed by atoms with Crippen molar-refractivity contribution in [2.45, 2.75) is 5.92 Å². The highest BCUT2D eigenvalue weighted by molar-refractivity contribution is 6.21. The summed E-state index contributed by atoms with van der Waals surface area (Å²) in [5.74, 6) is -3.17. The summed E-state index contributed by atoms with van der Waals surface area (Å²) in [6.07, 6.45) is 1.67. The Morgan fingerprint density at radius 1 is 0.829 bits per heavy atom. The van der Waals surface area contributed by atoms with E-state index in [-0.39, 0.29) is 22.7 Å². The molecule has 1 heterocycles. The maximum absolute atomic E-state index is 13.2. The fourth-order valence-electron chi connectivity index (χ4n) is 4.66.